The second kappa shape index (κ2) is 9.16. The Morgan fingerprint density at radius 1 is 1.09 bits per heavy atom. The van der Waals surface area contributed by atoms with Crippen LogP contribution in [0.5, 0.6) is 0 Å². The van der Waals surface area contributed by atoms with Gasteiger partial charge in [-0.2, -0.15) is 0 Å². The zero-order chi connectivity index (χ0) is 16.5. The summed E-state index contributed by atoms with van der Waals surface area (Å²) in [5.74, 6) is 1.52. The van der Waals surface area contributed by atoms with E-state index in [4.69, 9.17) is 9.15 Å². The van der Waals surface area contributed by atoms with E-state index >= 15 is 0 Å². The van der Waals surface area contributed by atoms with Crippen LogP contribution in [0.3, 0.4) is 0 Å². The molecule has 4 heteroatoms. The monoisotopic (exact) mass is 316 g/mol. The lowest BCUT2D eigenvalue weighted by atomic mass is 10.1. The number of ether oxygens (including phenoxy) is 1. The standard InChI is InChI=1S/C19H25NO3/c1-3-5-6-13-20-14-17-11-12-18(23-17)15-7-9-16(10-8-15)19(21)22-4-2/h7-12,20H,3-6,13-14H2,1-2H3/p+1. The Hall–Kier alpha value is -2.07. The van der Waals surface area contributed by atoms with Crippen molar-refractivity contribution in [3.63, 3.8) is 0 Å². The van der Waals surface area contributed by atoms with Gasteiger partial charge in [0.15, 0.2) is 5.76 Å². The fourth-order valence-corrected chi connectivity index (χ4v) is 2.41. The van der Waals surface area contributed by atoms with E-state index in [1.165, 1.54) is 19.3 Å². The minimum absolute atomic E-state index is 0.291. The van der Waals surface area contributed by atoms with Crippen molar-refractivity contribution in [2.45, 2.75) is 39.7 Å². The molecule has 1 aromatic carbocycles. The van der Waals surface area contributed by atoms with Gasteiger partial charge in [-0.3, -0.25) is 0 Å². The van der Waals surface area contributed by atoms with Crippen LogP contribution in [0.25, 0.3) is 11.3 Å². The first kappa shape index (κ1) is 17.3. The van der Waals surface area contributed by atoms with E-state index in [1.54, 1.807) is 19.1 Å². The lowest BCUT2D eigenvalue weighted by molar-refractivity contribution is -0.672. The summed E-state index contributed by atoms with van der Waals surface area (Å²) in [5, 5.41) is 2.28. The number of carbonyl (C=O) groups is 1. The first-order valence-electron chi connectivity index (χ1n) is 8.42. The number of hydrogen-bond acceptors (Lipinski definition) is 3. The zero-order valence-corrected chi connectivity index (χ0v) is 14.0. The van der Waals surface area contributed by atoms with Gasteiger partial charge in [-0.05, 0) is 44.0 Å². The summed E-state index contributed by atoms with van der Waals surface area (Å²) in [4.78, 5) is 11.6. The van der Waals surface area contributed by atoms with Crippen molar-refractivity contribution in [2.24, 2.45) is 0 Å². The minimum Gasteiger partial charge on any atom is -0.462 e. The number of esters is 1. The number of unbranched alkanes of at least 4 members (excludes halogenated alkanes) is 2. The molecule has 0 radical (unpaired) electrons. The van der Waals surface area contributed by atoms with E-state index in [-0.39, 0.29) is 5.97 Å². The number of nitrogens with two attached hydrogens (primary N) is 1. The largest absolute Gasteiger partial charge is 0.462 e. The summed E-state index contributed by atoms with van der Waals surface area (Å²) in [7, 11) is 0. The maximum atomic E-state index is 11.6. The van der Waals surface area contributed by atoms with Crippen LogP contribution < -0.4 is 5.32 Å². The van der Waals surface area contributed by atoms with E-state index in [0.717, 1.165) is 30.2 Å². The molecule has 0 bridgehead atoms. The van der Waals surface area contributed by atoms with Crippen molar-refractivity contribution >= 4 is 5.97 Å². The van der Waals surface area contributed by atoms with Crippen LogP contribution in [-0.2, 0) is 11.3 Å². The van der Waals surface area contributed by atoms with E-state index in [1.807, 2.05) is 24.3 Å². The number of quaternary nitrogens is 1. The predicted octanol–water partition coefficient (Wildman–Crippen LogP) is 3.38. The van der Waals surface area contributed by atoms with Crippen LogP contribution in [0.15, 0.2) is 40.8 Å². The van der Waals surface area contributed by atoms with E-state index in [2.05, 4.69) is 12.2 Å². The molecule has 4 nitrogen and oxygen atoms in total. The Kier molecular flexibility index (Phi) is 6.88. The molecule has 1 heterocycles. The molecular formula is C19H26NO3+. The minimum atomic E-state index is -0.291. The molecule has 2 aromatic rings. The fourth-order valence-electron chi connectivity index (χ4n) is 2.41. The van der Waals surface area contributed by atoms with Gasteiger partial charge in [0.05, 0.1) is 18.7 Å². The maximum Gasteiger partial charge on any atom is 0.338 e. The van der Waals surface area contributed by atoms with E-state index in [0.29, 0.717) is 12.2 Å². The lowest BCUT2D eigenvalue weighted by Crippen LogP contribution is -2.82. The van der Waals surface area contributed by atoms with Gasteiger partial charge in [-0.25, -0.2) is 4.79 Å². The molecule has 0 aliphatic carbocycles. The Morgan fingerprint density at radius 2 is 1.87 bits per heavy atom. The van der Waals surface area contributed by atoms with Gasteiger partial charge in [-0.15, -0.1) is 0 Å². The molecule has 0 unspecified atom stereocenters. The highest BCUT2D eigenvalue weighted by molar-refractivity contribution is 5.89. The topological polar surface area (TPSA) is 56.0 Å². The van der Waals surface area contributed by atoms with Gasteiger partial charge in [0.2, 0.25) is 0 Å². The van der Waals surface area contributed by atoms with E-state index in [9.17, 15) is 4.79 Å². The van der Waals surface area contributed by atoms with E-state index < -0.39 is 0 Å². The lowest BCUT2D eigenvalue weighted by Gasteiger charge is -2.02. The van der Waals surface area contributed by atoms with Gasteiger partial charge >= 0.3 is 5.97 Å². The zero-order valence-electron chi connectivity index (χ0n) is 14.0. The van der Waals surface area contributed by atoms with Crippen molar-refractivity contribution in [3.8, 4) is 11.3 Å². The van der Waals surface area contributed by atoms with Crippen LogP contribution in [-0.4, -0.2) is 19.1 Å². The maximum absolute atomic E-state index is 11.6. The highest BCUT2D eigenvalue weighted by Crippen LogP contribution is 2.22. The van der Waals surface area contributed by atoms with Gasteiger partial charge in [-0.1, -0.05) is 25.5 Å². The van der Waals surface area contributed by atoms with Crippen LogP contribution in [0, 0.1) is 0 Å². The molecule has 1 aromatic heterocycles. The van der Waals surface area contributed by atoms with Crippen molar-refractivity contribution in [1.29, 1.82) is 0 Å². The molecule has 23 heavy (non-hydrogen) atoms. The number of furan rings is 1. The van der Waals surface area contributed by atoms with Gasteiger partial charge in [0.25, 0.3) is 0 Å². The van der Waals surface area contributed by atoms with Crippen molar-refractivity contribution < 1.29 is 19.3 Å². The van der Waals surface area contributed by atoms with Gasteiger partial charge < -0.3 is 14.5 Å². The molecule has 0 atom stereocenters. The first-order valence-corrected chi connectivity index (χ1v) is 8.42. The first-order chi connectivity index (χ1) is 11.2. The average molecular weight is 316 g/mol. The second-order valence-corrected chi connectivity index (χ2v) is 5.55. The summed E-state index contributed by atoms with van der Waals surface area (Å²) in [6, 6.07) is 11.3. The number of carbonyl (C=O) groups excluding carboxylic acids is 1. The molecule has 0 aliphatic heterocycles. The third kappa shape index (κ3) is 5.25. The molecule has 124 valence electrons. The molecule has 2 N–H and O–H groups in total. The Labute approximate surface area is 137 Å². The normalized spacial score (nSPS) is 10.7. The third-order valence-corrected chi connectivity index (χ3v) is 3.70. The molecule has 0 saturated carbocycles. The summed E-state index contributed by atoms with van der Waals surface area (Å²) >= 11 is 0. The Bertz CT molecular complexity index is 601. The number of hydrogen-bond donors (Lipinski definition) is 1. The molecule has 0 amide bonds. The van der Waals surface area contributed by atoms with Crippen molar-refractivity contribution in [3.05, 3.63) is 47.7 Å². The molecule has 2 rings (SSSR count). The third-order valence-electron chi connectivity index (χ3n) is 3.70. The van der Waals surface area contributed by atoms with Crippen LogP contribution in [0.2, 0.25) is 0 Å². The average Bonchev–Trinajstić information content (AvgIpc) is 3.04. The summed E-state index contributed by atoms with van der Waals surface area (Å²) in [6.07, 6.45) is 3.78. The summed E-state index contributed by atoms with van der Waals surface area (Å²) in [6.45, 7) is 6.40. The Balaban J connectivity index is 1.91. The van der Waals surface area contributed by atoms with Gasteiger partial charge in [0, 0.05) is 5.56 Å². The second-order valence-electron chi connectivity index (χ2n) is 5.55. The molecule has 0 saturated heterocycles. The molecule has 0 aliphatic rings. The van der Waals surface area contributed by atoms with Crippen molar-refractivity contribution in [1.82, 2.24) is 0 Å². The van der Waals surface area contributed by atoms with Crippen molar-refractivity contribution in [2.75, 3.05) is 13.2 Å². The molecule has 0 spiro atoms. The smallest absolute Gasteiger partial charge is 0.338 e. The molecular weight excluding hydrogens is 290 g/mol. The Morgan fingerprint density at radius 3 is 2.57 bits per heavy atom. The molecule has 0 fully saturated rings. The summed E-state index contributed by atoms with van der Waals surface area (Å²) in [5.41, 5.74) is 1.53. The number of rotatable bonds is 9. The van der Waals surface area contributed by atoms with Crippen LogP contribution in [0.1, 0.15) is 49.2 Å². The highest BCUT2D eigenvalue weighted by atomic mass is 16.5. The quantitative estimate of drug-likeness (QED) is 0.570. The predicted molar refractivity (Wildman–Crippen MR) is 90.1 cm³/mol. The van der Waals surface area contributed by atoms with Crippen LogP contribution in [0.4, 0.5) is 0 Å². The SMILES string of the molecule is CCCCC[NH2+]Cc1ccc(-c2ccc(C(=O)OCC)cc2)o1. The summed E-state index contributed by atoms with van der Waals surface area (Å²) < 4.78 is 10.9. The van der Waals surface area contributed by atoms with Gasteiger partial charge in [0.1, 0.15) is 12.3 Å². The fraction of sp³-hybridized carbons (Fsp3) is 0.421. The number of benzene rings is 1. The highest BCUT2D eigenvalue weighted by Gasteiger charge is 2.09. The van der Waals surface area contributed by atoms with Crippen LogP contribution >= 0.6 is 0 Å².